The van der Waals surface area contributed by atoms with Gasteiger partial charge in [0.05, 0.1) is 12.3 Å². The fourth-order valence-corrected chi connectivity index (χ4v) is 3.50. The van der Waals surface area contributed by atoms with E-state index >= 15 is 0 Å². The zero-order valence-corrected chi connectivity index (χ0v) is 16.3. The number of carbonyl (C=O) groups excluding carboxylic acids is 1. The van der Waals surface area contributed by atoms with Crippen LogP contribution in [0.5, 0.6) is 0 Å². The van der Waals surface area contributed by atoms with Crippen LogP contribution < -0.4 is 5.32 Å². The fraction of sp³-hybridized carbons (Fsp3) is 0.500. The molecular weight excluding hydrogens is 358 g/mol. The number of allylic oxidation sites excluding steroid dienone is 7. The SMILES string of the molecule is CC(CC(CC1=CCC(C2=CCCC=C2)C=C1)NC(=O)CCC(=O)O)C(=O)O. The van der Waals surface area contributed by atoms with Crippen LogP contribution in [0.3, 0.4) is 0 Å². The third kappa shape index (κ3) is 7.18. The van der Waals surface area contributed by atoms with E-state index in [9.17, 15) is 19.5 Å². The molecule has 2 aliphatic carbocycles. The lowest BCUT2D eigenvalue weighted by atomic mass is 9.85. The molecule has 1 amide bonds. The summed E-state index contributed by atoms with van der Waals surface area (Å²) >= 11 is 0. The number of carboxylic acid groups (broad SMARTS) is 2. The lowest BCUT2D eigenvalue weighted by molar-refractivity contribution is -0.141. The normalized spacial score (nSPS) is 20.7. The maximum Gasteiger partial charge on any atom is 0.306 e. The quantitative estimate of drug-likeness (QED) is 0.531. The molecule has 0 aromatic rings. The average Bonchev–Trinajstić information content (AvgIpc) is 2.67. The Kier molecular flexibility index (Phi) is 8.23. The molecule has 0 saturated carbocycles. The summed E-state index contributed by atoms with van der Waals surface area (Å²) in [6, 6.07) is -0.339. The second-order valence-corrected chi connectivity index (χ2v) is 7.50. The predicted octanol–water partition coefficient (Wildman–Crippen LogP) is 3.62. The van der Waals surface area contributed by atoms with Gasteiger partial charge in [-0.2, -0.15) is 0 Å². The number of nitrogens with one attached hydrogen (secondary N) is 1. The lowest BCUT2D eigenvalue weighted by Crippen LogP contribution is -2.37. The highest BCUT2D eigenvalue weighted by Gasteiger charge is 2.22. The highest BCUT2D eigenvalue weighted by Crippen LogP contribution is 2.29. The number of hydrogen-bond donors (Lipinski definition) is 3. The second kappa shape index (κ2) is 10.6. The predicted molar refractivity (Wildman–Crippen MR) is 107 cm³/mol. The molecule has 0 bridgehead atoms. The van der Waals surface area contributed by atoms with E-state index in [0.29, 0.717) is 18.8 Å². The summed E-state index contributed by atoms with van der Waals surface area (Å²) in [6.45, 7) is 1.61. The van der Waals surface area contributed by atoms with Gasteiger partial charge in [-0.05, 0) is 37.7 Å². The zero-order valence-electron chi connectivity index (χ0n) is 16.3. The summed E-state index contributed by atoms with van der Waals surface area (Å²) in [5.74, 6) is -2.53. The van der Waals surface area contributed by atoms with E-state index in [1.807, 2.05) is 0 Å². The van der Waals surface area contributed by atoms with Gasteiger partial charge < -0.3 is 15.5 Å². The first-order valence-electron chi connectivity index (χ1n) is 9.83. The van der Waals surface area contributed by atoms with Crippen molar-refractivity contribution in [3.63, 3.8) is 0 Å². The molecule has 2 aliphatic rings. The van der Waals surface area contributed by atoms with Crippen LogP contribution in [-0.2, 0) is 14.4 Å². The number of carboxylic acids is 2. The number of aliphatic carboxylic acids is 2. The molecule has 3 unspecified atom stereocenters. The molecule has 0 radical (unpaired) electrons. The minimum atomic E-state index is -1.03. The van der Waals surface area contributed by atoms with E-state index in [2.05, 4.69) is 41.8 Å². The maximum absolute atomic E-state index is 12.0. The highest BCUT2D eigenvalue weighted by molar-refractivity contribution is 5.81. The van der Waals surface area contributed by atoms with Crippen molar-refractivity contribution in [2.24, 2.45) is 11.8 Å². The molecule has 0 spiro atoms. The average molecular weight is 387 g/mol. The molecule has 3 N–H and O–H groups in total. The lowest BCUT2D eigenvalue weighted by Gasteiger charge is -2.24. The first-order valence-corrected chi connectivity index (χ1v) is 9.83. The molecule has 0 saturated heterocycles. The van der Waals surface area contributed by atoms with Gasteiger partial charge >= 0.3 is 11.9 Å². The molecule has 6 nitrogen and oxygen atoms in total. The number of amides is 1. The van der Waals surface area contributed by atoms with E-state index in [0.717, 1.165) is 24.8 Å². The Morgan fingerprint density at radius 3 is 2.50 bits per heavy atom. The van der Waals surface area contributed by atoms with Crippen LogP contribution in [-0.4, -0.2) is 34.1 Å². The summed E-state index contributed by atoms with van der Waals surface area (Å²) in [5.41, 5.74) is 2.40. The first kappa shape index (κ1) is 21.7. The molecule has 0 heterocycles. The molecule has 6 heteroatoms. The van der Waals surface area contributed by atoms with Gasteiger partial charge in [0, 0.05) is 18.4 Å². The Hall–Kier alpha value is -2.63. The van der Waals surface area contributed by atoms with Gasteiger partial charge in [-0.3, -0.25) is 14.4 Å². The van der Waals surface area contributed by atoms with Gasteiger partial charge in [-0.1, -0.05) is 49.0 Å². The monoisotopic (exact) mass is 387 g/mol. The topological polar surface area (TPSA) is 104 Å². The van der Waals surface area contributed by atoms with E-state index in [-0.39, 0.29) is 24.8 Å². The maximum atomic E-state index is 12.0. The molecule has 0 fully saturated rings. The van der Waals surface area contributed by atoms with Crippen molar-refractivity contribution in [1.29, 1.82) is 0 Å². The van der Waals surface area contributed by atoms with Gasteiger partial charge in [-0.25, -0.2) is 0 Å². The van der Waals surface area contributed by atoms with Crippen LogP contribution in [0.2, 0.25) is 0 Å². The van der Waals surface area contributed by atoms with Crippen LogP contribution in [0.4, 0.5) is 0 Å². The zero-order chi connectivity index (χ0) is 20.5. The molecule has 3 atom stereocenters. The summed E-state index contributed by atoms with van der Waals surface area (Å²) in [4.78, 5) is 33.9. The van der Waals surface area contributed by atoms with E-state index < -0.39 is 17.9 Å². The van der Waals surface area contributed by atoms with Crippen LogP contribution in [0.25, 0.3) is 0 Å². The van der Waals surface area contributed by atoms with Crippen molar-refractivity contribution < 1.29 is 24.6 Å². The van der Waals surface area contributed by atoms with E-state index in [1.54, 1.807) is 6.92 Å². The minimum Gasteiger partial charge on any atom is -0.481 e. The first-order chi connectivity index (χ1) is 13.3. The van der Waals surface area contributed by atoms with Crippen LogP contribution in [0.1, 0.15) is 51.9 Å². The van der Waals surface area contributed by atoms with Crippen molar-refractivity contribution in [3.05, 3.63) is 47.6 Å². The van der Waals surface area contributed by atoms with E-state index in [1.165, 1.54) is 5.57 Å². The number of carbonyl (C=O) groups is 3. The Balaban J connectivity index is 1.96. The second-order valence-electron chi connectivity index (χ2n) is 7.50. The highest BCUT2D eigenvalue weighted by atomic mass is 16.4. The molecule has 152 valence electrons. The number of hydrogen-bond acceptors (Lipinski definition) is 3. The minimum absolute atomic E-state index is 0.106. The largest absolute Gasteiger partial charge is 0.481 e. The Morgan fingerprint density at radius 2 is 1.93 bits per heavy atom. The van der Waals surface area contributed by atoms with Crippen molar-refractivity contribution >= 4 is 17.8 Å². The summed E-state index contributed by atoms with van der Waals surface area (Å²) in [7, 11) is 0. The van der Waals surface area contributed by atoms with Gasteiger partial charge in [0.15, 0.2) is 0 Å². The third-order valence-electron chi connectivity index (χ3n) is 5.10. The van der Waals surface area contributed by atoms with Crippen molar-refractivity contribution in [3.8, 4) is 0 Å². The van der Waals surface area contributed by atoms with Crippen LogP contribution in [0.15, 0.2) is 47.6 Å². The van der Waals surface area contributed by atoms with Crippen molar-refractivity contribution in [2.45, 2.75) is 57.9 Å². The van der Waals surface area contributed by atoms with Gasteiger partial charge in [0.1, 0.15) is 0 Å². The molecule has 0 aliphatic heterocycles. The smallest absolute Gasteiger partial charge is 0.306 e. The van der Waals surface area contributed by atoms with Gasteiger partial charge in [0.2, 0.25) is 5.91 Å². The summed E-state index contributed by atoms with van der Waals surface area (Å²) in [5, 5.41) is 20.7. The molecule has 0 aromatic heterocycles. The summed E-state index contributed by atoms with van der Waals surface area (Å²) < 4.78 is 0. The molecular formula is C22H29NO5. The number of rotatable bonds is 10. The van der Waals surface area contributed by atoms with Gasteiger partial charge in [0.25, 0.3) is 0 Å². The third-order valence-corrected chi connectivity index (χ3v) is 5.10. The van der Waals surface area contributed by atoms with E-state index in [4.69, 9.17) is 5.11 Å². The fourth-order valence-electron chi connectivity index (χ4n) is 3.50. The Morgan fingerprint density at radius 1 is 1.14 bits per heavy atom. The summed E-state index contributed by atoms with van der Waals surface area (Å²) in [6.07, 6.45) is 16.6. The standard InChI is InChI=1S/C22H29NO5/c1-15(22(27)28)13-19(23-20(24)11-12-21(25)26)14-16-7-9-18(10-8-16)17-5-3-2-4-6-17/h3,5-9,15,18-19H,2,4,10-14H2,1H3,(H,23,24)(H,25,26)(H,27,28). The van der Waals surface area contributed by atoms with Crippen LogP contribution >= 0.6 is 0 Å². The molecule has 2 rings (SSSR count). The Labute approximate surface area is 165 Å². The van der Waals surface area contributed by atoms with Crippen molar-refractivity contribution in [2.75, 3.05) is 0 Å². The Bertz CT molecular complexity index is 716. The molecule has 0 aromatic carbocycles. The molecule has 28 heavy (non-hydrogen) atoms. The van der Waals surface area contributed by atoms with Crippen LogP contribution in [0, 0.1) is 11.8 Å². The van der Waals surface area contributed by atoms with Crippen molar-refractivity contribution in [1.82, 2.24) is 5.32 Å². The van der Waals surface area contributed by atoms with Gasteiger partial charge in [-0.15, -0.1) is 0 Å².